The molecule has 1 atom stereocenters. The lowest BCUT2D eigenvalue weighted by atomic mass is 10.1. The van der Waals surface area contributed by atoms with Gasteiger partial charge in [0.1, 0.15) is 11.5 Å². The van der Waals surface area contributed by atoms with Crippen LogP contribution in [-0.2, 0) is 4.79 Å². The average molecular weight is 248 g/mol. The predicted octanol–water partition coefficient (Wildman–Crippen LogP) is 1.72. The summed E-state index contributed by atoms with van der Waals surface area (Å²) in [6, 6.07) is 3.01. The monoisotopic (exact) mass is 248 g/mol. The lowest BCUT2D eigenvalue weighted by Gasteiger charge is -2.15. The van der Waals surface area contributed by atoms with Crippen molar-refractivity contribution >= 4 is 17.3 Å². The number of carbonyl (C=O) groups excluding carboxylic acids is 1. The minimum atomic E-state index is -0.648. The van der Waals surface area contributed by atoms with Gasteiger partial charge >= 0.3 is 0 Å². The number of hydrogen-bond acceptors (Lipinski definition) is 3. The minimum absolute atomic E-state index is 0.0391. The van der Waals surface area contributed by atoms with Gasteiger partial charge in [-0.05, 0) is 6.07 Å². The van der Waals surface area contributed by atoms with Gasteiger partial charge in [-0.2, -0.15) is 0 Å². The van der Waals surface area contributed by atoms with E-state index in [-0.39, 0.29) is 36.2 Å². The van der Waals surface area contributed by atoms with E-state index in [9.17, 15) is 19.3 Å². The summed E-state index contributed by atoms with van der Waals surface area (Å²) in [4.78, 5) is 23.1. The largest absolute Gasteiger partial charge is 0.305 e. The maximum Gasteiger partial charge on any atom is 0.293 e. The van der Waals surface area contributed by atoms with Crippen molar-refractivity contribution in [3.05, 3.63) is 34.1 Å². The topological polar surface area (TPSA) is 63.5 Å². The number of hydrogen-bond donors (Lipinski definition) is 0. The Bertz CT molecular complexity index is 565. The molecular weight excluding hydrogens is 239 g/mol. The highest BCUT2D eigenvalue weighted by atomic mass is 19.1. The predicted molar refractivity (Wildman–Crippen MR) is 62.3 cm³/mol. The van der Waals surface area contributed by atoms with Crippen LogP contribution in [-0.4, -0.2) is 17.4 Å². The van der Waals surface area contributed by atoms with Gasteiger partial charge in [0.25, 0.3) is 5.69 Å². The van der Waals surface area contributed by atoms with Crippen LogP contribution in [0.4, 0.5) is 15.8 Å². The summed E-state index contributed by atoms with van der Waals surface area (Å²) in [5.41, 5.74) is -0.342. The second-order valence-electron chi connectivity index (χ2n) is 3.96. The third kappa shape index (κ3) is 2.02. The molecule has 1 aliphatic heterocycles. The zero-order valence-electron chi connectivity index (χ0n) is 9.30. The van der Waals surface area contributed by atoms with E-state index in [4.69, 9.17) is 6.42 Å². The summed E-state index contributed by atoms with van der Waals surface area (Å²) >= 11 is 0. The van der Waals surface area contributed by atoms with Gasteiger partial charge in [0.2, 0.25) is 5.91 Å². The zero-order valence-corrected chi connectivity index (χ0v) is 9.30. The molecule has 1 saturated heterocycles. The van der Waals surface area contributed by atoms with Crippen LogP contribution in [0, 0.1) is 34.2 Å². The normalized spacial score (nSPS) is 18.8. The molecule has 2 rings (SSSR count). The lowest BCUT2D eigenvalue weighted by Crippen LogP contribution is -2.25. The van der Waals surface area contributed by atoms with Crippen molar-refractivity contribution in [2.45, 2.75) is 6.42 Å². The summed E-state index contributed by atoms with van der Waals surface area (Å²) < 4.78 is 13.2. The minimum Gasteiger partial charge on any atom is -0.305 e. The van der Waals surface area contributed by atoms with Crippen molar-refractivity contribution < 1.29 is 14.1 Å². The molecule has 1 fully saturated rings. The van der Waals surface area contributed by atoms with Crippen LogP contribution >= 0.6 is 0 Å². The number of amides is 1. The van der Waals surface area contributed by atoms with Gasteiger partial charge in [-0.1, -0.05) is 0 Å². The van der Waals surface area contributed by atoms with E-state index in [1.165, 1.54) is 4.90 Å². The van der Waals surface area contributed by atoms with Crippen molar-refractivity contribution in [1.82, 2.24) is 0 Å². The summed E-state index contributed by atoms with van der Waals surface area (Å²) in [7, 11) is 0. The molecule has 0 aromatic heterocycles. The lowest BCUT2D eigenvalue weighted by molar-refractivity contribution is -0.384. The van der Waals surface area contributed by atoms with Gasteiger partial charge in [-0.3, -0.25) is 14.9 Å². The third-order valence-corrected chi connectivity index (χ3v) is 2.79. The van der Waals surface area contributed by atoms with E-state index in [0.717, 1.165) is 18.2 Å². The molecule has 0 spiro atoms. The highest BCUT2D eigenvalue weighted by Gasteiger charge is 2.33. The summed E-state index contributed by atoms with van der Waals surface area (Å²) in [5.74, 6) is 1.18. The molecule has 1 aromatic rings. The van der Waals surface area contributed by atoms with Crippen LogP contribution < -0.4 is 4.90 Å². The van der Waals surface area contributed by atoms with Crippen molar-refractivity contribution in [3.63, 3.8) is 0 Å². The van der Waals surface area contributed by atoms with Crippen LogP contribution in [0.2, 0.25) is 0 Å². The molecule has 1 unspecified atom stereocenters. The van der Waals surface area contributed by atoms with Crippen LogP contribution in [0.3, 0.4) is 0 Å². The van der Waals surface area contributed by atoms with Crippen LogP contribution in [0.15, 0.2) is 18.2 Å². The first-order valence-electron chi connectivity index (χ1n) is 5.23. The van der Waals surface area contributed by atoms with Gasteiger partial charge in [0.05, 0.1) is 4.92 Å². The Labute approximate surface area is 102 Å². The second-order valence-corrected chi connectivity index (χ2v) is 3.96. The van der Waals surface area contributed by atoms with Crippen molar-refractivity contribution in [1.29, 1.82) is 0 Å². The molecule has 0 radical (unpaired) electrons. The molecule has 1 amide bonds. The number of nitro groups is 1. The zero-order chi connectivity index (χ0) is 13.3. The smallest absolute Gasteiger partial charge is 0.293 e. The Kier molecular flexibility index (Phi) is 2.98. The average Bonchev–Trinajstić information content (AvgIpc) is 2.70. The fourth-order valence-corrected chi connectivity index (χ4v) is 1.92. The first kappa shape index (κ1) is 12.0. The SMILES string of the molecule is C#CC1CC(=O)N(c2cc(F)ccc2[N+](=O)[O-])C1. The Balaban J connectivity index is 2.45. The van der Waals surface area contributed by atoms with Crippen LogP contribution in [0.1, 0.15) is 6.42 Å². The molecule has 1 heterocycles. The fourth-order valence-electron chi connectivity index (χ4n) is 1.92. The number of rotatable bonds is 2. The van der Waals surface area contributed by atoms with Gasteiger partial charge in [-0.25, -0.2) is 4.39 Å². The van der Waals surface area contributed by atoms with Crippen molar-refractivity contribution in [2.75, 3.05) is 11.4 Å². The number of nitrogens with zero attached hydrogens (tertiary/aromatic N) is 2. The van der Waals surface area contributed by atoms with E-state index < -0.39 is 10.7 Å². The second kappa shape index (κ2) is 4.45. The van der Waals surface area contributed by atoms with Crippen molar-refractivity contribution in [2.24, 2.45) is 5.92 Å². The summed E-state index contributed by atoms with van der Waals surface area (Å²) in [6.07, 6.45) is 5.36. The van der Waals surface area contributed by atoms with E-state index in [0.29, 0.717) is 0 Å². The van der Waals surface area contributed by atoms with Crippen LogP contribution in [0.5, 0.6) is 0 Å². The maximum atomic E-state index is 13.2. The molecular formula is C12H9FN2O3. The first-order valence-corrected chi connectivity index (χ1v) is 5.23. The summed E-state index contributed by atoms with van der Waals surface area (Å²) in [6.45, 7) is 0.180. The number of anilines is 1. The Morgan fingerprint density at radius 2 is 2.28 bits per heavy atom. The van der Waals surface area contributed by atoms with E-state index >= 15 is 0 Å². The number of carbonyl (C=O) groups is 1. The Morgan fingerprint density at radius 1 is 1.56 bits per heavy atom. The maximum absolute atomic E-state index is 13.2. The van der Waals surface area contributed by atoms with Crippen LogP contribution in [0.25, 0.3) is 0 Å². The number of benzene rings is 1. The number of terminal acetylenes is 1. The van der Waals surface area contributed by atoms with Gasteiger partial charge in [0, 0.05) is 31.0 Å². The number of nitro benzene ring substituents is 1. The molecule has 0 bridgehead atoms. The molecule has 92 valence electrons. The molecule has 1 aliphatic rings. The van der Waals surface area contributed by atoms with E-state index in [2.05, 4.69) is 5.92 Å². The molecule has 18 heavy (non-hydrogen) atoms. The molecule has 1 aromatic carbocycles. The summed E-state index contributed by atoms with van der Waals surface area (Å²) in [5, 5.41) is 10.9. The first-order chi connectivity index (χ1) is 8.52. The Hall–Kier alpha value is -2.42. The van der Waals surface area contributed by atoms with Gasteiger partial charge < -0.3 is 4.90 Å². The quantitative estimate of drug-likeness (QED) is 0.454. The highest BCUT2D eigenvalue weighted by Crippen LogP contribution is 2.33. The molecule has 0 saturated carbocycles. The fraction of sp³-hybridized carbons (Fsp3) is 0.250. The number of halogens is 1. The molecule has 5 nitrogen and oxygen atoms in total. The van der Waals surface area contributed by atoms with E-state index in [1.807, 2.05) is 0 Å². The standard InChI is InChI=1S/C12H9FN2O3/c1-2-8-5-12(16)14(7-8)11-6-9(13)3-4-10(11)15(17)18/h1,3-4,6,8H,5,7H2. The molecule has 0 aliphatic carbocycles. The molecule has 6 heteroatoms. The van der Waals surface area contributed by atoms with E-state index in [1.54, 1.807) is 0 Å². The van der Waals surface area contributed by atoms with Gasteiger partial charge in [0.15, 0.2) is 0 Å². The van der Waals surface area contributed by atoms with Crippen molar-refractivity contribution in [3.8, 4) is 12.3 Å². The third-order valence-electron chi connectivity index (χ3n) is 2.79. The highest BCUT2D eigenvalue weighted by molar-refractivity contribution is 5.98. The Morgan fingerprint density at radius 3 is 2.83 bits per heavy atom. The van der Waals surface area contributed by atoms with Gasteiger partial charge in [-0.15, -0.1) is 12.3 Å². The molecule has 0 N–H and O–H groups in total.